The lowest BCUT2D eigenvalue weighted by molar-refractivity contribution is 0.310. The molecule has 5 heteroatoms. The van der Waals surface area contributed by atoms with Crippen LogP contribution in [0, 0.1) is 0 Å². The largest absolute Gasteiger partial charge is 0.368 e. The highest BCUT2D eigenvalue weighted by atomic mass is 35.5. The van der Waals surface area contributed by atoms with Crippen LogP contribution in [0.3, 0.4) is 0 Å². The number of aliphatic imine (C=N–C) groups is 1. The van der Waals surface area contributed by atoms with E-state index in [9.17, 15) is 0 Å². The summed E-state index contributed by atoms with van der Waals surface area (Å²) in [5.74, 6) is 1.18. The minimum atomic E-state index is 0. The maximum atomic E-state index is 5.94. The Morgan fingerprint density at radius 2 is 1.82 bits per heavy atom. The Kier molecular flexibility index (Phi) is 6.54. The number of halogens is 2. The first-order valence-corrected chi connectivity index (χ1v) is 8.45. The second-order valence-corrected chi connectivity index (χ2v) is 6.57. The van der Waals surface area contributed by atoms with Gasteiger partial charge in [0.25, 0.3) is 0 Å². The van der Waals surface area contributed by atoms with Gasteiger partial charge in [-0.2, -0.15) is 0 Å². The summed E-state index contributed by atoms with van der Waals surface area (Å²) in [7, 11) is 0. The summed E-state index contributed by atoms with van der Waals surface area (Å²) >= 11 is 5.94. The Morgan fingerprint density at radius 3 is 2.55 bits per heavy atom. The van der Waals surface area contributed by atoms with Crippen molar-refractivity contribution in [2.45, 2.75) is 50.6 Å². The van der Waals surface area contributed by atoms with Crippen LogP contribution in [0.25, 0.3) is 0 Å². The fourth-order valence-corrected chi connectivity index (χ4v) is 3.54. The van der Waals surface area contributed by atoms with Crippen LogP contribution >= 0.6 is 24.0 Å². The van der Waals surface area contributed by atoms with Gasteiger partial charge in [-0.15, -0.1) is 12.4 Å². The molecule has 0 radical (unpaired) electrons. The van der Waals surface area contributed by atoms with Crippen molar-refractivity contribution in [2.75, 3.05) is 13.1 Å². The maximum absolute atomic E-state index is 5.94. The van der Waals surface area contributed by atoms with Gasteiger partial charge >= 0.3 is 0 Å². The minimum Gasteiger partial charge on any atom is -0.368 e. The van der Waals surface area contributed by atoms with E-state index in [2.05, 4.69) is 22.8 Å². The number of hydrogen-bond donors (Lipinski definition) is 2. The van der Waals surface area contributed by atoms with Gasteiger partial charge in [-0.1, -0.05) is 43.0 Å². The smallest absolute Gasteiger partial charge is 0.117 e. The van der Waals surface area contributed by atoms with Gasteiger partial charge in [0, 0.05) is 18.1 Å². The molecule has 1 fully saturated rings. The monoisotopic (exact) mass is 341 g/mol. The molecule has 2 N–H and O–H groups in total. The lowest BCUT2D eigenvalue weighted by Crippen LogP contribution is -2.57. The molecule has 0 bridgehead atoms. The van der Waals surface area contributed by atoms with Crippen molar-refractivity contribution in [3.63, 3.8) is 0 Å². The highest BCUT2D eigenvalue weighted by molar-refractivity contribution is 6.30. The van der Waals surface area contributed by atoms with Gasteiger partial charge in [0.1, 0.15) is 5.84 Å². The van der Waals surface area contributed by atoms with Gasteiger partial charge in [0.15, 0.2) is 0 Å². The molecule has 0 saturated heterocycles. The molecule has 0 amide bonds. The van der Waals surface area contributed by atoms with Crippen LogP contribution in [0.2, 0.25) is 5.02 Å². The summed E-state index contributed by atoms with van der Waals surface area (Å²) in [4.78, 5) is 4.85. The first kappa shape index (κ1) is 17.6. The SMILES string of the molecule is Cl.Clc1ccc(CNC2=NCCCNC23CCCCC3)cc1. The van der Waals surface area contributed by atoms with Crippen molar-refractivity contribution in [1.29, 1.82) is 0 Å². The summed E-state index contributed by atoms with van der Waals surface area (Å²) < 4.78 is 0. The van der Waals surface area contributed by atoms with Crippen LogP contribution in [-0.2, 0) is 6.54 Å². The zero-order chi connectivity index (χ0) is 14.5. The summed E-state index contributed by atoms with van der Waals surface area (Å²) in [5.41, 5.74) is 1.35. The van der Waals surface area contributed by atoms with Gasteiger partial charge < -0.3 is 10.6 Å². The Bertz CT molecular complexity index is 493. The van der Waals surface area contributed by atoms with Crippen molar-refractivity contribution in [2.24, 2.45) is 4.99 Å². The van der Waals surface area contributed by atoms with Crippen molar-refractivity contribution in [3.05, 3.63) is 34.9 Å². The van der Waals surface area contributed by atoms with Crippen LogP contribution in [0.15, 0.2) is 29.3 Å². The van der Waals surface area contributed by atoms with E-state index in [1.165, 1.54) is 43.5 Å². The molecule has 0 unspecified atom stereocenters. The minimum absolute atomic E-state index is 0. The summed E-state index contributed by atoms with van der Waals surface area (Å²) in [6, 6.07) is 8.05. The lowest BCUT2D eigenvalue weighted by Gasteiger charge is -2.38. The van der Waals surface area contributed by atoms with E-state index in [-0.39, 0.29) is 17.9 Å². The summed E-state index contributed by atoms with van der Waals surface area (Å²) in [5, 5.41) is 8.17. The third kappa shape index (κ3) is 4.15. The molecular weight excluding hydrogens is 317 g/mol. The number of hydrogen-bond acceptors (Lipinski definition) is 3. The standard InChI is InChI=1S/C17H24ClN3.ClH/c18-15-7-5-14(6-8-15)13-20-16-17(9-2-1-3-10-17)21-12-4-11-19-16;/h5-8,21H,1-4,9-13H2,(H,19,20);1H. The predicted molar refractivity (Wildman–Crippen MR) is 96.3 cm³/mol. The molecule has 1 aliphatic carbocycles. The Balaban J connectivity index is 0.00000176. The highest BCUT2D eigenvalue weighted by Gasteiger charge is 2.37. The first-order chi connectivity index (χ1) is 10.3. The van der Waals surface area contributed by atoms with Crippen molar-refractivity contribution in [1.82, 2.24) is 10.6 Å². The molecule has 1 spiro atoms. The van der Waals surface area contributed by atoms with E-state index >= 15 is 0 Å². The summed E-state index contributed by atoms with van der Waals surface area (Å²) in [6.07, 6.45) is 7.50. The van der Waals surface area contributed by atoms with E-state index in [1.54, 1.807) is 0 Å². The third-order valence-corrected chi connectivity index (χ3v) is 4.85. The molecule has 0 atom stereocenters. The van der Waals surface area contributed by atoms with E-state index in [0.29, 0.717) is 0 Å². The van der Waals surface area contributed by atoms with Crippen LogP contribution in [-0.4, -0.2) is 24.5 Å². The van der Waals surface area contributed by atoms with Crippen LogP contribution < -0.4 is 10.6 Å². The number of amidine groups is 1. The molecule has 3 rings (SSSR count). The average Bonchev–Trinajstić information content (AvgIpc) is 2.70. The van der Waals surface area contributed by atoms with Gasteiger partial charge in [-0.25, -0.2) is 0 Å². The van der Waals surface area contributed by atoms with E-state index in [4.69, 9.17) is 16.6 Å². The van der Waals surface area contributed by atoms with Gasteiger partial charge in [0.2, 0.25) is 0 Å². The molecule has 1 saturated carbocycles. The number of benzene rings is 1. The fourth-order valence-electron chi connectivity index (χ4n) is 3.41. The Labute approximate surface area is 144 Å². The quantitative estimate of drug-likeness (QED) is 0.854. The average molecular weight is 342 g/mol. The molecule has 22 heavy (non-hydrogen) atoms. The number of rotatable bonds is 2. The molecule has 122 valence electrons. The second kappa shape index (κ2) is 8.19. The number of nitrogens with zero attached hydrogens (tertiary/aromatic N) is 1. The fraction of sp³-hybridized carbons (Fsp3) is 0.588. The van der Waals surface area contributed by atoms with Crippen molar-refractivity contribution < 1.29 is 0 Å². The van der Waals surface area contributed by atoms with Crippen LogP contribution in [0.1, 0.15) is 44.1 Å². The van der Waals surface area contributed by atoms with Crippen LogP contribution in [0.5, 0.6) is 0 Å². The predicted octanol–water partition coefficient (Wildman–Crippen LogP) is 3.95. The molecule has 1 heterocycles. The molecule has 1 aromatic rings. The highest BCUT2D eigenvalue weighted by Crippen LogP contribution is 2.30. The van der Waals surface area contributed by atoms with Crippen molar-refractivity contribution >= 4 is 29.8 Å². The molecule has 1 aromatic carbocycles. The lowest BCUT2D eigenvalue weighted by atomic mass is 9.80. The summed E-state index contributed by atoms with van der Waals surface area (Å²) in [6.45, 7) is 2.83. The van der Waals surface area contributed by atoms with E-state index < -0.39 is 0 Å². The topological polar surface area (TPSA) is 36.4 Å². The molecule has 1 aliphatic heterocycles. The zero-order valence-electron chi connectivity index (χ0n) is 12.9. The second-order valence-electron chi connectivity index (χ2n) is 6.13. The Morgan fingerprint density at radius 1 is 1.09 bits per heavy atom. The van der Waals surface area contributed by atoms with Gasteiger partial charge in [-0.3, -0.25) is 4.99 Å². The third-order valence-electron chi connectivity index (χ3n) is 4.60. The number of nitrogens with one attached hydrogen (secondary N) is 2. The Hall–Kier alpha value is -0.770. The maximum Gasteiger partial charge on any atom is 0.117 e. The molecular formula is C17H25Cl2N3. The van der Waals surface area contributed by atoms with Crippen molar-refractivity contribution in [3.8, 4) is 0 Å². The van der Waals surface area contributed by atoms with Gasteiger partial charge in [0.05, 0.1) is 5.54 Å². The first-order valence-electron chi connectivity index (χ1n) is 8.07. The van der Waals surface area contributed by atoms with E-state index in [1.807, 2.05) is 12.1 Å². The zero-order valence-corrected chi connectivity index (χ0v) is 14.5. The van der Waals surface area contributed by atoms with E-state index in [0.717, 1.165) is 31.1 Å². The van der Waals surface area contributed by atoms with Gasteiger partial charge in [-0.05, 0) is 43.5 Å². The molecule has 3 nitrogen and oxygen atoms in total. The molecule has 0 aromatic heterocycles. The normalized spacial score (nSPS) is 20.7. The van der Waals surface area contributed by atoms with Crippen LogP contribution in [0.4, 0.5) is 0 Å². The molecule has 2 aliphatic rings.